The van der Waals surface area contributed by atoms with Crippen molar-refractivity contribution in [1.29, 1.82) is 0 Å². The Kier molecular flexibility index (Phi) is 8.27. The largest absolute Gasteiger partial charge is 0.511 e. The fourth-order valence-corrected chi connectivity index (χ4v) is 3.90. The zero-order valence-electron chi connectivity index (χ0n) is 20.2. The van der Waals surface area contributed by atoms with Crippen molar-refractivity contribution in [3.8, 4) is 16.8 Å². The molecule has 2 aromatic carbocycles. The molecule has 0 spiro atoms. The van der Waals surface area contributed by atoms with Crippen molar-refractivity contribution in [2.24, 2.45) is 5.14 Å². The number of hydrogen-bond donors (Lipinski definition) is 1. The zero-order chi connectivity index (χ0) is 26.5. The van der Waals surface area contributed by atoms with E-state index in [-0.39, 0.29) is 0 Å². The number of pyridine rings is 2. The Morgan fingerprint density at radius 1 is 0.778 bits per heavy atom. The third-order valence-corrected chi connectivity index (χ3v) is 6.12. The van der Waals surface area contributed by atoms with Crippen LogP contribution in [-0.2, 0) is 16.6 Å². The average molecular weight is 516 g/mol. The maximum absolute atomic E-state index is 10.8. The molecule has 0 fully saturated rings. The van der Waals surface area contributed by atoms with Gasteiger partial charge in [0.25, 0.3) is 0 Å². The third kappa shape index (κ3) is 6.99. The minimum Gasteiger partial charge on any atom is -0.221 e. The molecule has 2 N–H and O–H groups in total. The summed E-state index contributed by atoms with van der Waals surface area (Å²) in [5.41, 5.74) is 3.64. The van der Waals surface area contributed by atoms with E-state index >= 15 is 0 Å². The molecule has 0 aliphatic rings. The number of halogens is 3. The number of sulfonamides is 1. The average Bonchev–Trinajstić information content (AvgIpc) is 2.79. The summed E-state index contributed by atoms with van der Waals surface area (Å²) < 4.78 is 55.6. The lowest BCUT2D eigenvalue weighted by atomic mass is 10.0. The molecule has 0 saturated heterocycles. The monoisotopic (exact) mass is 515 g/mol. The van der Waals surface area contributed by atoms with Crippen molar-refractivity contribution in [2.45, 2.75) is 32.8 Å². The zero-order valence-corrected chi connectivity index (χ0v) is 21.0. The summed E-state index contributed by atoms with van der Waals surface area (Å²) in [4.78, 5) is 0. The number of hydrogen-bond acceptors (Lipinski definition) is 2. The molecule has 4 rings (SSSR count). The van der Waals surface area contributed by atoms with E-state index in [2.05, 4.69) is 127 Å². The molecule has 5 nitrogen and oxygen atoms in total. The summed E-state index contributed by atoms with van der Waals surface area (Å²) in [6.07, 6.45) is 8.62. The molecule has 0 amide bonds. The van der Waals surface area contributed by atoms with Crippen molar-refractivity contribution in [3.05, 3.63) is 114 Å². The Hall–Kier alpha value is -3.56. The first kappa shape index (κ1) is 27.0. The number of aryl methyl sites for hydroxylation is 3. The number of rotatable bonds is 4. The van der Waals surface area contributed by atoms with Crippen LogP contribution in [0.5, 0.6) is 0 Å². The second-order valence-electron chi connectivity index (χ2n) is 8.48. The molecule has 0 aliphatic carbocycles. The first-order chi connectivity index (χ1) is 16.8. The maximum atomic E-state index is 10.8. The van der Waals surface area contributed by atoms with Gasteiger partial charge in [-0.25, -0.2) is 18.1 Å². The van der Waals surface area contributed by atoms with Gasteiger partial charge in [-0.3, -0.25) is 0 Å². The van der Waals surface area contributed by atoms with E-state index in [1.807, 2.05) is 0 Å². The molecular formula is C27H28F3N3O2S+2. The van der Waals surface area contributed by atoms with Crippen LogP contribution in [0.25, 0.3) is 16.8 Å². The lowest BCUT2D eigenvalue weighted by molar-refractivity contribution is -0.688. The van der Waals surface area contributed by atoms with Crippen molar-refractivity contribution in [2.75, 3.05) is 0 Å². The summed E-state index contributed by atoms with van der Waals surface area (Å²) in [7, 11) is -5.34. The highest BCUT2D eigenvalue weighted by molar-refractivity contribution is 7.90. The van der Waals surface area contributed by atoms with Gasteiger partial charge >= 0.3 is 15.5 Å². The van der Waals surface area contributed by atoms with Gasteiger partial charge in [-0.15, -0.1) is 0 Å². The van der Waals surface area contributed by atoms with E-state index in [1.54, 1.807) is 0 Å². The molecule has 2 heterocycles. The van der Waals surface area contributed by atoms with E-state index in [1.165, 1.54) is 39.1 Å². The quantitative estimate of drug-likeness (QED) is 0.401. The molecule has 188 valence electrons. The smallest absolute Gasteiger partial charge is 0.221 e. The Morgan fingerprint density at radius 3 is 1.67 bits per heavy atom. The molecule has 0 atom stereocenters. The Labute approximate surface area is 209 Å². The minimum atomic E-state index is -5.34. The van der Waals surface area contributed by atoms with E-state index in [0.717, 1.165) is 6.54 Å². The Bertz CT molecular complexity index is 1400. The van der Waals surface area contributed by atoms with Gasteiger partial charge in [-0.1, -0.05) is 35.9 Å². The standard InChI is InChI=1S/C26H26N2.CH2F3NO2S/c1-20-17-21(2)26(22(3)18-20)28-15-11-25(12-16-28)24-9-13-27(14-10-24)19-23-7-5-4-6-8-23;2-1(3,4)8(5,6)7/h4-18H,19H2,1-3H3;(H2,5,6,7)/q+2;. The van der Waals surface area contributed by atoms with Crippen molar-refractivity contribution in [1.82, 2.24) is 0 Å². The number of alkyl halides is 3. The molecule has 0 unspecified atom stereocenters. The fraction of sp³-hybridized carbons (Fsp3) is 0.185. The van der Waals surface area contributed by atoms with E-state index in [0.29, 0.717) is 0 Å². The molecule has 0 aliphatic heterocycles. The molecular weight excluding hydrogens is 487 g/mol. The highest BCUT2D eigenvalue weighted by Gasteiger charge is 2.42. The van der Waals surface area contributed by atoms with Crippen LogP contribution in [0.15, 0.2) is 91.5 Å². The van der Waals surface area contributed by atoms with E-state index in [4.69, 9.17) is 0 Å². The van der Waals surface area contributed by atoms with Crippen LogP contribution in [0.2, 0.25) is 0 Å². The van der Waals surface area contributed by atoms with E-state index < -0.39 is 15.5 Å². The number of nitrogens with zero attached hydrogens (tertiary/aromatic N) is 2. The predicted molar refractivity (Wildman–Crippen MR) is 133 cm³/mol. The molecule has 36 heavy (non-hydrogen) atoms. The van der Waals surface area contributed by atoms with Gasteiger partial charge in [-0.2, -0.15) is 17.7 Å². The van der Waals surface area contributed by atoms with Crippen LogP contribution >= 0.6 is 0 Å². The molecule has 4 aromatic rings. The molecule has 2 aromatic heterocycles. The molecule has 9 heteroatoms. The van der Waals surface area contributed by atoms with Crippen molar-refractivity contribution < 1.29 is 30.7 Å². The topological polar surface area (TPSA) is 67.9 Å². The van der Waals surface area contributed by atoms with Gasteiger partial charge in [0, 0.05) is 41.0 Å². The van der Waals surface area contributed by atoms with Crippen LogP contribution in [0.3, 0.4) is 0 Å². The molecule has 0 saturated carbocycles. The second kappa shape index (κ2) is 11.0. The summed E-state index contributed by atoms with van der Waals surface area (Å²) in [6, 6.07) is 23.8. The van der Waals surface area contributed by atoms with Gasteiger partial charge in [0.15, 0.2) is 31.3 Å². The summed E-state index contributed by atoms with van der Waals surface area (Å²) >= 11 is 0. The summed E-state index contributed by atoms with van der Waals surface area (Å²) in [5.74, 6) is 0. The normalized spacial score (nSPS) is 11.5. The Balaban J connectivity index is 0.000000392. The lowest BCUT2D eigenvalue weighted by Gasteiger charge is -2.07. The number of aromatic nitrogens is 2. The van der Waals surface area contributed by atoms with Crippen LogP contribution < -0.4 is 14.3 Å². The summed E-state index contributed by atoms with van der Waals surface area (Å²) in [5, 5.41) is 3.66. The van der Waals surface area contributed by atoms with Crippen LogP contribution in [0.1, 0.15) is 22.3 Å². The fourth-order valence-electron chi connectivity index (χ4n) is 3.90. The van der Waals surface area contributed by atoms with Gasteiger partial charge in [-0.05, 0) is 44.0 Å². The van der Waals surface area contributed by atoms with Gasteiger partial charge in [0.2, 0.25) is 5.69 Å². The van der Waals surface area contributed by atoms with Gasteiger partial charge < -0.3 is 0 Å². The van der Waals surface area contributed by atoms with Crippen molar-refractivity contribution in [3.63, 3.8) is 0 Å². The predicted octanol–water partition coefficient (Wildman–Crippen LogP) is 4.69. The second-order valence-corrected chi connectivity index (χ2v) is 10.0. The van der Waals surface area contributed by atoms with E-state index in [9.17, 15) is 21.6 Å². The highest BCUT2D eigenvalue weighted by atomic mass is 32.2. The van der Waals surface area contributed by atoms with Crippen LogP contribution in [0.4, 0.5) is 13.2 Å². The number of nitrogens with two attached hydrogens (primary N) is 1. The van der Waals surface area contributed by atoms with Crippen LogP contribution in [0, 0.1) is 20.8 Å². The first-order valence-electron chi connectivity index (χ1n) is 11.1. The first-order valence-corrected chi connectivity index (χ1v) is 12.6. The third-order valence-electron chi connectivity index (χ3n) is 5.48. The number of benzene rings is 2. The molecule has 0 bridgehead atoms. The summed E-state index contributed by atoms with van der Waals surface area (Å²) in [6.45, 7) is 7.40. The number of primary sulfonamides is 1. The highest BCUT2D eigenvalue weighted by Crippen LogP contribution is 2.20. The minimum absolute atomic E-state index is 0.891. The van der Waals surface area contributed by atoms with Gasteiger partial charge in [0.05, 0.1) is 0 Å². The van der Waals surface area contributed by atoms with Crippen molar-refractivity contribution >= 4 is 10.0 Å². The van der Waals surface area contributed by atoms with Crippen LogP contribution in [-0.4, -0.2) is 13.9 Å². The molecule has 0 radical (unpaired) electrons. The Morgan fingerprint density at radius 2 is 1.22 bits per heavy atom. The lowest BCUT2D eigenvalue weighted by Crippen LogP contribution is -2.33. The van der Waals surface area contributed by atoms with Gasteiger partial charge in [0.1, 0.15) is 0 Å². The SMILES string of the molecule is Cc1cc(C)c(-[n+]2ccc(-c3cc[n+](Cc4ccccc4)cc3)cc2)c(C)c1.NS(=O)(=O)C(F)(F)F. The maximum Gasteiger partial charge on any atom is 0.511 e.